The Balaban J connectivity index is 1.99. The number of fused-ring (bicyclic) bond motifs is 1. The van der Waals surface area contributed by atoms with Crippen LogP contribution in [0.3, 0.4) is 0 Å². The van der Waals surface area contributed by atoms with E-state index in [4.69, 9.17) is 5.11 Å². The van der Waals surface area contributed by atoms with Gasteiger partial charge >= 0.3 is 5.97 Å². The van der Waals surface area contributed by atoms with Gasteiger partial charge in [0.1, 0.15) is 0 Å². The van der Waals surface area contributed by atoms with Gasteiger partial charge in [-0.3, -0.25) is 0 Å². The first-order valence-corrected chi connectivity index (χ1v) is 6.65. The predicted octanol–water partition coefficient (Wildman–Crippen LogP) is 3.40. The number of hydrogen-bond donors (Lipinski definition) is 2. The van der Waals surface area contributed by atoms with Crippen molar-refractivity contribution in [2.45, 2.75) is 6.92 Å². The van der Waals surface area contributed by atoms with Crippen molar-refractivity contribution in [1.82, 2.24) is 0 Å². The number of pyridine rings is 1. The van der Waals surface area contributed by atoms with Crippen molar-refractivity contribution in [3.8, 4) is 0 Å². The van der Waals surface area contributed by atoms with Crippen LogP contribution in [0, 0.1) is 6.92 Å². The highest BCUT2D eigenvalue weighted by atomic mass is 16.4. The number of nitrogens with one attached hydrogen (secondary N) is 2. The second kappa shape index (κ2) is 5.25. The van der Waals surface area contributed by atoms with E-state index in [0.29, 0.717) is 0 Å². The van der Waals surface area contributed by atoms with Crippen molar-refractivity contribution in [2.24, 2.45) is 0 Å². The van der Waals surface area contributed by atoms with Gasteiger partial charge in [0.05, 0.1) is 16.6 Å². The third-order valence-corrected chi connectivity index (χ3v) is 3.32. The van der Waals surface area contributed by atoms with Crippen molar-refractivity contribution < 1.29 is 14.9 Å². The molecule has 0 radical (unpaired) electrons. The predicted molar refractivity (Wildman–Crippen MR) is 81.9 cm³/mol. The van der Waals surface area contributed by atoms with E-state index in [0.717, 1.165) is 28.0 Å². The number of aromatic nitrogens is 1. The first kappa shape index (κ1) is 13.1. The summed E-state index contributed by atoms with van der Waals surface area (Å²) >= 11 is 0. The normalized spacial score (nSPS) is 10.5. The van der Waals surface area contributed by atoms with E-state index in [1.54, 1.807) is 24.3 Å². The maximum atomic E-state index is 10.9. The number of aromatic amines is 1. The first-order valence-electron chi connectivity index (χ1n) is 6.65. The molecule has 0 bridgehead atoms. The second-order valence-corrected chi connectivity index (χ2v) is 4.92. The highest BCUT2D eigenvalue weighted by Crippen LogP contribution is 2.24. The van der Waals surface area contributed by atoms with Crippen LogP contribution in [0.25, 0.3) is 10.9 Å². The fourth-order valence-corrected chi connectivity index (χ4v) is 2.32. The monoisotopic (exact) mass is 279 g/mol. The molecule has 0 aliphatic heterocycles. The number of para-hydroxylation sites is 1. The van der Waals surface area contributed by atoms with Crippen LogP contribution < -0.4 is 10.3 Å². The van der Waals surface area contributed by atoms with E-state index in [1.807, 2.05) is 37.3 Å². The number of carbonyl (C=O) groups is 1. The summed E-state index contributed by atoms with van der Waals surface area (Å²) < 4.78 is 0. The Hall–Kier alpha value is -2.88. The minimum Gasteiger partial charge on any atom is -0.478 e. The van der Waals surface area contributed by atoms with Gasteiger partial charge in [0.15, 0.2) is 5.69 Å². The fraction of sp³-hybridized carbons (Fsp3) is 0.0588. The SMILES string of the molecule is Cc1cc(Nc2ccc(C(=O)O)cc2)c2ccccc2[nH+]1. The molecular formula is C17H15N2O2+. The Kier molecular flexibility index (Phi) is 3.28. The number of rotatable bonds is 3. The summed E-state index contributed by atoms with van der Waals surface area (Å²) in [6, 6.07) is 16.8. The van der Waals surface area contributed by atoms with Crippen LogP contribution in [-0.4, -0.2) is 11.1 Å². The quantitative estimate of drug-likeness (QED) is 0.772. The maximum Gasteiger partial charge on any atom is 0.335 e. The Bertz CT molecular complexity index is 811. The third-order valence-electron chi connectivity index (χ3n) is 3.32. The molecule has 4 nitrogen and oxygen atoms in total. The number of carboxylic acids is 1. The lowest BCUT2D eigenvalue weighted by Gasteiger charge is -2.08. The second-order valence-electron chi connectivity index (χ2n) is 4.92. The lowest BCUT2D eigenvalue weighted by molar-refractivity contribution is -0.354. The molecule has 0 fully saturated rings. The molecule has 0 saturated carbocycles. The minimum atomic E-state index is -0.919. The highest BCUT2D eigenvalue weighted by molar-refractivity contribution is 5.92. The Morgan fingerprint density at radius 1 is 1.10 bits per heavy atom. The topological polar surface area (TPSA) is 63.5 Å². The number of aryl methyl sites for hydroxylation is 1. The average molecular weight is 279 g/mol. The van der Waals surface area contributed by atoms with Crippen molar-refractivity contribution in [1.29, 1.82) is 0 Å². The van der Waals surface area contributed by atoms with Crippen LogP contribution in [0.1, 0.15) is 16.1 Å². The standard InChI is InChI=1S/C17H14N2O2/c1-11-10-16(14-4-2-3-5-15(14)18-11)19-13-8-6-12(7-9-13)17(20)21/h2-10H,1H3,(H,18,19)(H,20,21)/p+1. The van der Waals surface area contributed by atoms with E-state index >= 15 is 0 Å². The van der Waals surface area contributed by atoms with Crippen LogP contribution in [0.15, 0.2) is 54.6 Å². The molecule has 0 amide bonds. The summed E-state index contributed by atoms with van der Waals surface area (Å²) in [6.45, 7) is 2.01. The lowest BCUT2D eigenvalue weighted by Crippen LogP contribution is -2.09. The van der Waals surface area contributed by atoms with Crippen LogP contribution in [0.2, 0.25) is 0 Å². The summed E-state index contributed by atoms with van der Waals surface area (Å²) in [5.41, 5.74) is 4.24. The summed E-state index contributed by atoms with van der Waals surface area (Å²) in [5.74, 6) is -0.919. The van der Waals surface area contributed by atoms with Gasteiger partial charge in [-0.05, 0) is 30.3 Å². The number of benzene rings is 2. The molecule has 3 N–H and O–H groups in total. The summed E-state index contributed by atoms with van der Waals surface area (Å²) in [5, 5.41) is 13.3. The molecule has 21 heavy (non-hydrogen) atoms. The molecule has 1 aromatic heterocycles. The Morgan fingerprint density at radius 3 is 2.52 bits per heavy atom. The van der Waals surface area contributed by atoms with Crippen LogP contribution in [0.4, 0.5) is 11.4 Å². The molecule has 0 spiro atoms. The van der Waals surface area contributed by atoms with Crippen molar-refractivity contribution in [3.63, 3.8) is 0 Å². The van der Waals surface area contributed by atoms with Crippen molar-refractivity contribution >= 4 is 28.2 Å². The molecule has 0 atom stereocenters. The zero-order valence-electron chi connectivity index (χ0n) is 11.6. The molecule has 0 unspecified atom stereocenters. The molecule has 3 rings (SSSR count). The molecule has 3 aromatic rings. The van der Waals surface area contributed by atoms with Crippen molar-refractivity contribution in [2.75, 3.05) is 5.32 Å². The van der Waals surface area contributed by atoms with E-state index in [-0.39, 0.29) is 5.56 Å². The summed E-state index contributed by atoms with van der Waals surface area (Å²) in [6.07, 6.45) is 0. The zero-order valence-corrected chi connectivity index (χ0v) is 11.6. The van der Waals surface area contributed by atoms with Gasteiger partial charge in [0.2, 0.25) is 5.52 Å². The van der Waals surface area contributed by atoms with Crippen molar-refractivity contribution in [3.05, 3.63) is 65.9 Å². The molecule has 1 heterocycles. The number of H-pyrrole nitrogens is 1. The number of anilines is 2. The van der Waals surface area contributed by atoms with Gasteiger partial charge in [-0.15, -0.1) is 0 Å². The summed E-state index contributed by atoms with van der Waals surface area (Å²) in [7, 11) is 0. The minimum absolute atomic E-state index is 0.281. The molecule has 0 saturated heterocycles. The molecule has 0 aliphatic rings. The van der Waals surface area contributed by atoms with Gasteiger partial charge in [-0.2, -0.15) is 0 Å². The van der Waals surface area contributed by atoms with Gasteiger partial charge in [-0.25, -0.2) is 9.78 Å². The van der Waals surface area contributed by atoms with E-state index in [2.05, 4.69) is 10.3 Å². The first-order chi connectivity index (χ1) is 10.1. The van der Waals surface area contributed by atoms with Crippen LogP contribution >= 0.6 is 0 Å². The number of aromatic carboxylic acids is 1. The van der Waals surface area contributed by atoms with E-state index in [1.165, 1.54) is 0 Å². The van der Waals surface area contributed by atoms with Gasteiger partial charge in [-0.1, -0.05) is 12.1 Å². The Labute approximate surface area is 122 Å². The van der Waals surface area contributed by atoms with E-state index < -0.39 is 5.97 Å². The molecule has 4 heteroatoms. The van der Waals surface area contributed by atoms with Gasteiger partial charge in [0, 0.05) is 24.7 Å². The smallest absolute Gasteiger partial charge is 0.335 e. The number of carboxylic acid groups (broad SMARTS) is 1. The molecule has 0 aliphatic carbocycles. The van der Waals surface area contributed by atoms with Gasteiger partial charge < -0.3 is 10.4 Å². The zero-order chi connectivity index (χ0) is 14.8. The number of hydrogen-bond acceptors (Lipinski definition) is 2. The van der Waals surface area contributed by atoms with Crippen LogP contribution in [-0.2, 0) is 0 Å². The molecule has 2 aromatic carbocycles. The lowest BCUT2D eigenvalue weighted by atomic mass is 10.1. The molecular weight excluding hydrogens is 264 g/mol. The third kappa shape index (κ3) is 2.69. The average Bonchev–Trinajstić information content (AvgIpc) is 2.47. The van der Waals surface area contributed by atoms with Crippen LogP contribution in [0.5, 0.6) is 0 Å². The highest BCUT2D eigenvalue weighted by Gasteiger charge is 2.09. The largest absolute Gasteiger partial charge is 0.478 e. The Morgan fingerprint density at radius 2 is 1.81 bits per heavy atom. The maximum absolute atomic E-state index is 10.9. The fourth-order valence-electron chi connectivity index (χ4n) is 2.32. The van der Waals surface area contributed by atoms with E-state index in [9.17, 15) is 4.79 Å². The van der Waals surface area contributed by atoms with Gasteiger partial charge in [0.25, 0.3) is 0 Å². The molecule has 104 valence electrons. The summed E-state index contributed by atoms with van der Waals surface area (Å²) in [4.78, 5) is 14.2.